The summed E-state index contributed by atoms with van der Waals surface area (Å²) in [5.41, 5.74) is 7.69. The van der Waals surface area contributed by atoms with Crippen LogP contribution in [0.15, 0.2) is 60.7 Å². The Bertz CT molecular complexity index is 740. The Hall–Kier alpha value is -1.59. The number of likely N-dealkylation sites (N-methyl/N-ethyl adjacent to an activating group) is 1. The molecule has 29 heavy (non-hydrogen) atoms. The first-order chi connectivity index (χ1) is 13.0. The van der Waals surface area contributed by atoms with E-state index in [1.807, 2.05) is 49.1 Å². The predicted molar refractivity (Wildman–Crippen MR) is 125 cm³/mol. The Morgan fingerprint density at radius 1 is 1.10 bits per heavy atom. The zero-order valence-corrected chi connectivity index (χ0v) is 18.9. The first kappa shape index (κ1) is 25.4. The molecule has 1 fully saturated rings. The van der Waals surface area contributed by atoms with Crippen LogP contribution in [-0.2, 0) is 16.9 Å². The van der Waals surface area contributed by atoms with E-state index in [4.69, 9.17) is 5.73 Å². The molecular weight excluding hydrogens is 405 g/mol. The number of amides is 1. The van der Waals surface area contributed by atoms with E-state index in [9.17, 15) is 4.79 Å². The summed E-state index contributed by atoms with van der Waals surface area (Å²) in [4.78, 5) is 17.6. The fraction of sp³-hybridized carbons (Fsp3) is 0.435. The summed E-state index contributed by atoms with van der Waals surface area (Å²) in [5.74, 6) is 0.516. The molecule has 3 rings (SSSR count). The number of rotatable bonds is 7. The Kier molecular flexibility index (Phi) is 10.1. The van der Waals surface area contributed by atoms with Crippen LogP contribution in [0.1, 0.15) is 31.4 Å². The van der Waals surface area contributed by atoms with E-state index >= 15 is 0 Å². The molecule has 0 radical (unpaired) electrons. The van der Waals surface area contributed by atoms with Crippen molar-refractivity contribution in [1.29, 1.82) is 0 Å². The lowest BCUT2D eigenvalue weighted by molar-refractivity contribution is -0.137. The van der Waals surface area contributed by atoms with Crippen molar-refractivity contribution < 1.29 is 4.79 Å². The molecule has 2 unspecified atom stereocenters. The van der Waals surface area contributed by atoms with E-state index in [-0.39, 0.29) is 30.7 Å². The van der Waals surface area contributed by atoms with Gasteiger partial charge in [-0.05, 0) is 43.9 Å². The summed E-state index contributed by atoms with van der Waals surface area (Å²) in [6.45, 7) is 8.43. The second-order valence-electron chi connectivity index (χ2n) is 7.79. The highest BCUT2D eigenvalue weighted by Crippen LogP contribution is 2.24. The molecule has 0 aromatic heterocycles. The number of nitrogens with two attached hydrogens (primary N) is 1. The van der Waals surface area contributed by atoms with E-state index in [1.165, 1.54) is 5.56 Å². The monoisotopic (exact) mass is 437 g/mol. The van der Waals surface area contributed by atoms with Gasteiger partial charge >= 0.3 is 0 Å². The average molecular weight is 438 g/mol. The molecule has 4 nitrogen and oxygen atoms in total. The van der Waals surface area contributed by atoms with Crippen molar-refractivity contribution in [2.24, 2.45) is 11.7 Å². The number of nitrogens with zero attached hydrogens (tertiary/aromatic N) is 2. The summed E-state index contributed by atoms with van der Waals surface area (Å²) in [6, 6.07) is 20.3. The zero-order valence-electron chi connectivity index (χ0n) is 17.3. The van der Waals surface area contributed by atoms with Gasteiger partial charge in [0, 0.05) is 26.2 Å². The van der Waals surface area contributed by atoms with Gasteiger partial charge in [-0.3, -0.25) is 9.69 Å². The maximum atomic E-state index is 13.1. The molecule has 160 valence electrons. The first-order valence-electron chi connectivity index (χ1n) is 9.90. The van der Waals surface area contributed by atoms with Crippen LogP contribution in [0, 0.1) is 5.92 Å². The number of carbonyl (C=O) groups is 1. The number of hydrogen-bond donors (Lipinski definition) is 1. The third-order valence-electron chi connectivity index (χ3n) is 5.58. The third kappa shape index (κ3) is 6.45. The van der Waals surface area contributed by atoms with E-state index in [2.05, 4.69) is 35.2 Å². The number of hydrogen-bond acceptors (Lipinski definition) is 3. The van der Waals surface area contributed by atoms with E-state index < -0.39 is 5.54 Å². The molecule has 0 aliphatic carbocycles. The average Bonchev–Trinajstić information content (AvgIpc) is 3.14. The van der Waals surface area contributed by atoms with Gasteiger partial charge in [0.15, 0.2) is 0 Å². The van der Waals surface area contributed by atoms with Gasteiger partial charge in [0.25, 0.3) is 0 Å². The lowest BCUT2D eigenvalue weighted by atomic mass is 9.91. The van der Waals surface area contributed by atoms with Crippen molar-refractivity contribution in [1.82, 2.24) is 9.80 Å². The van der Waals surface area contributed by atoms with Gasteiger partial charge in [0.05, 0.1) is 0 Å². The van der Waals surface area contributed by atoms with Gasteiger partial charge in [-0.2, -0.15) is 0 Å². The van der Waals surface area contributed by atoms with Crippen LogP contribution in [0.2, 0.25) is 0 Å². The van der Waals surface area contributed by atoms with Crippen LogP contribution in [0.25, 0.3) is 0 Å². The highest BCUT2D eigenvalue weighted by molar-refractivity contribution is 5.87. The highest BCUT2D eigenvalue weighted by atomic mass is 35.5. The van der Waals surface area contributed by atoms with Crippen LogP contribution >= 0.6 is 24.8 Å². The largest absolute Gasteiger partial charge is 0.341 e. The SMILES string of the molecule is CCN(CC1CCN(Cc2ccccc2)C1)C(=O)C(C)(N)c1ccccc1.Cl.Cl. The van der Waals surface area contributed by atoms with Crippen LogP contribution in [0.3, 0.4) is 0 Å². The molecule has 1 aliphatic rings. The molecule has 2 aromatic carbocycles. The quantitative estimate of drug-likeness (QED) is 0.709. The molecule has 1 heterocycles. The Morgan fingerprint density at radius 2 is 1.69 bits per heavy atom. The van der Waals surface area contributed by atoms with E-state index in [1.54, 1.807) is 0 Å². The van der Waals surface area contributed by atoms with Gasteiger partial charge in [-0.1, -0.05) is 60.7 Å². The summed E-state index contributed by atoms with van der Waals surface area (Å²) in [7, 11) is 0. The lowest BCUT2D eigenvalue weighted by Gasteiger charge is -2.33. The summed E-state index contributed by atoms with van der Waals surface area (Å²) < 4.78 is 0. The molecule has 0 saturated carbocycles. The fourth-order valence-corrected chi connectivity index (χ4v) is 3.95. The van der Waals surface area contributed by atoms with Crippen molar-refractivity contribution >= 4 is 30.7 Å². The van der Waals surface area contributed by atoms with Crippen molar-refractivity contribution in [3.05, 3.63) is 71.8 Å². The Labute approximate surface area is 187 Å². The smallest absolute Gasteiger partial charge is 0.246 e. The second kappa shape index (κ2) is 11.6. The van der Waals surface area contributed by atoms with E-state index in [0.717, 1.165) is 38.2 Å². The van der Waals surface area contributed by atoms with Crippen LogP contribution in [0.5, 0.6) is 0 Å². The van der Waals surface area contributed by atoms with E-state index in [0.29, 0.717) is 12.5 Å². The number of likely N-dealkylation sites (tertiary alicyclic amines) is 1. The predicted octanol–water partition coefficient (Wildman–Crippen LogP) is 4.07. The molecule has 2 N–H and O–H groups in total. The molecule has 2 aromatic rings. The third-order valence-corrected chi connectivity index (χ3v) is 5.58. The number of benzene rings is 2. The molecule has 1 amide bonds. The van der Waals surface area contributed by atoms with Gasteiger partial charge in [0.1, 0.15) is 5.54 Å². The first-order valence-corrected chi connectivity index (χ1v) is 9.90. The highest BCUT2D eigenvalue weighted by Gasteiger charge is 2.35. The number of halogens is 2. The normalized spacial score (nSPS) is 18.2. The maximum absolute atomic E-state index is 13.1. The molecule has 0 spiro atoms. The van der Waals surface area contributed by atoms with Gasteiger partial charge < -0.3 is 10.6 Å². The van der Waals surface area contributed by atoms with Crippen LogP contribution in [-0.4, -0.2) is 41.9 Å². The number of carbonyl (C=O) groups excluding carboxylic acids is 1. The van der Waals surface area contributed by atoms with Crippen molar-refractivity contribution in [2.45, 2.75) is 32.4 Å². The molecule has 0 bridgehead atoms. The summed E-state index contributed by atoms with van der Waals surface area (Å²) >= 11 is 0. The Morgan fingerprint density at radius 3 is 2.28 bits per heavy atom. The molecule has 2 atom stereocenters. The van der Waals surface area contributed by atoms with Gasteiger partial charge in [-0.15, -0.1) is 24.8 Å². The van der Waals surface area contributed by atoms with Gasteiger partial charge in [0.2, 0.25) is 5.91 Å². The fourth-order valence-electron chi connectivity index (χ4n) is 3.95. The van der Waals surface area contributed by atoms with Crippen molar-refractivity contribution in [2.75, 3.05) is 26.2 Å². The maximum Gasteiger partial charge on any atom is 0.246 e. The van der Waals surface area contributed by atoms with Crippen molar-refractivity contribution in [3.63, 3.8) is 0 Å². The van der Waals surface area contributed by atoms with Crippen LogP contribution < -0.4 is 5.73 Å². The van der Waals surface area contributed by atoms with Crippen LogP contribution in [0.4, 0.5) is 0 Å². The molecular formula is C23H33Cl2N3O. The van der Waals surface area contributed by atoms with Gasteiger partial charge in [-0.25, -0.2) is 0 Å². The van der Waals surface area contributed by atoms with Crippen molar-refractivity contribution in [3.8, 4) is 0 Å². The minimum absolute atomic E-state index is 0. The summed E-state index contributed by atoms with van der Waals surface area (Å²) in [6.07, 6.45) is 1.13. The molecule has 1 saturated heterocycles. The minimum Gasteiger partial charge on any atom is -0.341 e. The molecule has 6 heteroatoms. The second-order valence-corrected chi connectivity index (χ2v) is 7.79. The zero-order chi connectivity index (χ0) is 19.3. The standard InChI is InChI=1S/C23H31N3O.2ClH/c1-3-26(22(27)23(2,24)21-12-8-5-9-13-21)18-20-14-15-25(17-20)16-19-10-6-4-7-11-19;;/h4-13,20H,3,14-18,24H2,1-2H3;2*1H. The lowest BCUT2D eigenvalue weighted by Crippen LogP contribution is -2.52. The Balaban J connectivity index is 0.00000210. The summed E-state index contributed by atoms with van der Waals surface area (Å²) in [5, 5.41) is 0. The minimum atomic E-state index is -0.987. The molecule has 1 aliphatic heterocycles. The topological polar surface area (TPSA) is 49.6 Å².